The number of benzene rings is 1. The van der Waals surface area contributed by atoms with Crippen LogP contribution in [0.15, 0.2) is 18.2 Å². The maximum atomic E-state index is 12.5. The zero-order valence-electron chi connectivity index (χ0n) is 8.91. The van der Waals surface area contributed by atoms with Gasteiger partial charge >= 0.3 is 18.3 Å². The third-order valence-electron chi connectivity index (χ3n) is 2.06. The summed E-state index contributed by atoms with van der Waals surface area (Å²) in [5.74, 6) is -2.32. The third kappa shape index (κ3) is 3.38. The van der Waals surface area contributed by atoms with E-state index in [1.165, 1.54) is 5.32 Å². The molecule has 0 heterocycles. The summed E-state index contributed by atoms with van der Waals surface area (Å²) in [4.78, 5) is 10.6. The Bertz CT molecular complexity index is 462. The quantitative estimate of drug-likeness (QED) is 0.778. The number of carbonyl (C=O) groups excluding carboxylic acids is 1. The molecule has 0 atom stereocenters. The zero-order chi connectivity index (χ0) is 14.1. The van der Waals surface area contributed by atoms with E-state index in [9.17, 15) is 31.1 Å². The summed E-state index contributed by atoms with van der Waals surface area (Å²) in [6.07, 6.45) is -9.84. The van der Waals surface area contributed by atoms with Crippen molar-refractivity contribution >= 4 is 11.6 Å². The van der Waals surface area contributed by atoms with Crippen molar-refractivity contribution in [2.24, 2.45) is 0 Å². The number of anilines is 1. The molecule has 0 radical (unpaired) electrons. The SMILES string of the molecule is Cc1ccc(NC(=O)C(F)(F)F)cc1C(F)(F)F. The molecule has 0 spiro atoms. The molecule has 1 aromatic rings. The standard InChI is InChI=1S/C10H7F6NO/c1-5-2-3-6(4-7(5)9(11,12)13)17-8(18)10(14,15)16/h2-4H,1H3,(H,17,18). The van der Waals surface area contributed by atoms with Gasteiger partial charge in [-0.25, -0.2) is 0 Å². The Morgan fingerprint density at radius 3 is 2.11 bits per heavy atom. The highest BCUT2D eigenvalue weighted by Gasteiger charge is 2.39. The molecule has 0 fully saturated rings. The first-order valence-corrected chi connectivity index (χ1v) is 4.58. The molecule has 0 saturated carbocycles. The van der Waals surface area contributed by atoms with Gasteiger partial charge in [0.2, 0.25) is 0 Å². The van der Waals surface area contributed by atoms with Gasteiger partial charge in [-0.3, -0.25) is 4.79 Å². The Labute approximate surface area is 97.6 Å². The molecule has 2 nitrogen and oxygen atoms in total. The van der Waals surface area contributed by atoms with Crippen molar-refractivity contribution in [2.75, 3.05) is 5.32 Å². The van der Waals surface area contributed by atoms with Gasteiger partial charge in [0.1, 0.15) is 0 Å². The maximum absolute atomic E-state index is 12.5. The summed E-state index contributed by atoms with van der Waals surface area (Å²) in [6.45, 7) is 1.16. The average Bonchev–Trinajstić information content (AvgIpc) is 2.17. The molecule has 1 N–H and O–H groups in total. The predicted octanol–water partition coefficient (Wildman–Crippen LogP) is 3.51. The first-order valence-electron chi connectivity index (χ1n) is 4.58. The Balaban J connectivity index is 3.04. The van der Waals surface area contributed by atoms with Gasteiger partial charge in [-0.2, -0.15) is 26.3 Å². The number of alkyl halides is 6. The van der Waals surface area contributed by atoms with Gasteiger partial charge in [-0.05, 0) is 24.6 Å². The van der Waals surface area contributed by atoms with Crippen molar-refractivity contribution < 1.29 is 31.1 Å². The minimum absolute atomic E-state index is 0.146. The highest BCUT2D eigenvalue weighted by molar-refractivity contribution is 5.95. The number of carbonyl (C=O) groups is 1. The van der Waals surface area contributed by atoms with E-state index in [1.54, 1.807) is 0 Å². The van der Waals surface area contributed by atoms with Crippen molar-refractivity contribution in [3.05, 3.63) is 29.3 Å². The average molecular weight is 271 g/mol. The molecule has 0 saturated heterocycles. The van der Waals surface area contributed by atoms with Crippen LogP contribution in [0.1, 0.15) is 11.1 Å². The number of amides is 1. The van der Waals surface area contributed by atoms with Crippen LogP contribution < -0.4 is 5.32 Å². The number of hydrogen-bond donors (Lipinski definition) is 1. The lowest BCUT2D eigenvalue weighted by Crippen LogP contribution is -2.30. The summed E-state index contributed by atoms with van der Waals surface area (Å²) in [5.41, 5.74) is -1.80. The van der Waals surface area contributed by atoms with E-state index in [0.717, 1.165) is 19.1 Å². The van der Waals surface area contributed by atoms with Gasteiger partial charge < -0.3 is 5.32 Å². The van der Waals surface area contributed by atoms with Crippen LogP contribution in [0, 0.1) is 6.92 Å². The van der Waals surface area contributed by atoms with Gasteiger partial charge in [0.05, 0.1) is 5.56 Å². The molecular formula is C10H7F6NO. The normalized spacial score (nSPS) is 12.4. The van der Waals surface area contributed by atoms with Gasteiger partial charge in [-0.15, -0.1) is 0 Å². The summed E-state index contributed by atoms with van der Waals surface area (Å²) < 4.78 is 73.1. The van der Waals surface area contributed by atoms with Crippen LogP contribution >= 0.6 is 0 Å². The molecule has 0 aliphatic rings. The smallest absolute Gasteiger partial charge is 0.318 e. The first-order chi connectivity index (χ1) is 8.01. The van der Waals surface area contributed by atoms with Crippen LogP contribution in [-0.2, 0) is 11.0 Å². The van der Waals surface area contributed by atoms with Crippen molar-refractivity contribution in [1.29, 1.82) is 0 Å². The number of rotatable bonds is 1. The second kappa shape index (κ2) is 4.51. The molecule has 0 unspecified atom stereocenters. The molecule has 0 bridgehead atoms. The number of hydrogen-bond acceptors (Lipinski definition) is 1. The van der Waals surface area contributed by atoms with E-state index in [-0.39, 0.29) is 5.56 Å². The largest absolute Gasteiger partial charge is 0.471 e. The summed E-state index contributed by atoms with van der Waals surface area (Å²) >= 11 is 0. The fraction of sp³-hybridized carbons (Fsp3) is 0.300. The fourth-order valence-corrected chi connectivity index (χ4v) is 1.21. The van der Waals surface area contributed by atoms with E-state index in [2.05, 4.69) is 0 Å². The minimum atomic E-state index is -5.15. The highest BCUT2D eigenvalue weighted by Crippen LogP contribution is 2.33. The minimum Gasteiger partial charge on any atom is -0.318 e. The molecule has 18 heavy (non-hydrogen) atoms. The molecule has 1 amide bonds. The van der Waals surface area contributed by atoms with Gasteiger partial charge in [-0.1, -0.05) is 6.07 Å². The van der Waals surface area contributed by atoms with Gasteiger partial charge in [0, 0.05) is 5.69 Å². The van der Waals surface area contributed by atoms with Crippen molar-refractivity contribution in [3.8, 4) is 0 Å². The predicted molar refractivity (Wildman–Crippen MR) is 50.9 cm³/mol. The first kappa shape index (κ1) is 14.3. The Hall–Kier alpha value is -1.73. The van der Waals surface area contributed by atoms with E-state index in [1.807, 2.05) is 0 Å². The van der Waals surface area contributed by atoms with Crippen LogP contribution in [0.2, 0.25) is 0 Å². The Morgan fingerprint density at radius 2 is 1.67 bits per heavy atom. The van der Waals surface area contributed by atoms with E-state index in [4.69, 9.17) is 0 Å². The molecule has 1 aromatic carbocycles. The molecule has 0 aromatic heterocycles. The Morgan fingerprint density at radius 1 is 1.11 bits per heavy atom. The third-order valence-corrected chi connectivity index (χ3v) is 2.06. The lowest BCUT2D eigenvalue weighted by Gasteiger charge is -2.13. The zero-order valence-corrected chi connectivity index (χ0v) is 8.91. The van der Waals surface area contributed by atoms with Crippen molar-refractivity contribution in [2.45, 2.75) is 19.3 Å². The lowest BCUT2D eigenvalue weighted by molar-refractivity contribution is -0.167. The second-order valence-corrected chi connectivity index (χ2v) is 3.48. The van der Waals surface area contributed by atoms with E-state index < -0.39 is 29.5 Å². The van der Waals surface area contributed by atoms with Crippen LogP contribution in [0.5, 0.6) is 0 Å². The number of aryl methyl sites for hydroxylation is 1. The highest BCUT2D eigenvalue weighted by atomic mass is 19.4. The molecule has 0 aliphatic carbocycles. The van der Waals surface area contributed by atoms with Crippen molar-refractivity contribution in [3.63, 3.8) is 0 Å². The van der Waals surface area contributed by atoms with Gasteiger partial charge in [0.15, 0.2) is 0 Å². The van der Waals surface area contributed by atoms with Crippen LogP contribution in [-0.4, -0.2) is 12.1 Å². The van der Waals surface area contributed by atoms with E-state index >= 15 is 0 Å². The topological polar surface area (TPSA) is 29.1 Å². The summed E-state index contributed by atoms with van der Waals surface area (Å²) in [5, 5.41) is 1.36. The van der Waals surface area contributed by atoms with E-state index in [0.29, 0.717) is 6.07 Å². The number of nitrogens with one attached hydrogen (secondary N) is 1. The van der Waals surface area contributed by atoms with Crippen LogP contribution in [0.3, 0.4) is 0 Å². The van der Waals surface area contributed by atoms with Gasteiger partial charge in [0.25, 0.3) is 0 Å². The lowest BCUT2D eigenvalue weighted by atomic mass is 10.1. The molecular weight excluding hydrogens is 264 g/mol. The van der Waals surface area contributed by atoms with Crippen LogP contribution in [0.25, 0.3) is 0 Å². The summed E-state index contributed by atoms with van der Waals surface area (Å²) in [7, 11) is 0. The molecule has 8 heteroatoms. The fourth-order valence-electron chi connectivity index (χ4n) is 1.21. The monoisotopic (exact) mass is 271 g/mol. The summed E-state index contributed by atoms with van der Waals surface area (Å²) in [6, 6.07) is 2.40. The maximum Gasteiger partial charge on any atom is 0.471 e. The van der Waals surface area contributed by atoms with Crippen LogP contribution in [0.4, 0.5) is 32.0 Å². The molecule has 100 valence electrons. The Kier molecular flexibility index (Phi) is 3.59. The second-order valence-electron chi connectivity index (χ2n) is 3.48. The molecule has 1 rings (SSSR count). The molecule has 0 aliphatic heterocycles. The number of halogens is 6. The van der Waals surface area contributed by atoms with Crippen molar-refractivity contribution in [1.82, 2.24) is 0 Å².